The molecule has 0 bridgehead atoms. The lowest BCUT2D eigenvalue weighted by atomic mass is 10.2. The van der Waals surface area contributed by atoms with E-state index in [4.69, 9.17) is 0 Å². The molecule has 0 aliphatic heterocycles. The van der Waals surface area contributed by atoms with Gasteiger partial charge in [-0.05, 0) is 23.6 Å². The van der Waals surface area contributed by atoms with Crippen molar-refractivity contribution in [2.75, 3.05) is 0 Å². The van der Waals surface area contributed by atoms with Gasteiger partial charge in [0.1, 0.15) is 0 Å². The molecule has 2 aromatic rings. The van der Waals surface area contributed by atoms with Gasteiger partial charge in [0, 0.05) is 12.4 Å². The van der Waals surface area contributed by atoms with Gasteiger partial charge < -0.3 is 0 Å². The first kappa shape index (κ1) is 10.6. The molecule has 2 nitrogen and oxygen atoms in total. The third-order valence-corrected chi connectivity index (χ3v) is 2.35. The number of aromatic nitrogens is 1. The third kappa shape index (κ3) is 2.76. The third-order valence-electron chi connectivity index (χ3n) is 2.35. The Hall–Kier alpha value is -1.96. The number of benzene rings is 1. The molecule has 0 amide bonds. The molecule has 2 heteroatoms. The fourth-order valence-corrected chi connectivity index (χ4v) is 1.43. The summed E-state index contributed by atoms with van der Waals surface area (Å²) in [6, 6.07) is 12.1. The van der Waals surface area contributed by atoms with Gasteiger partial charge >= 0.3 is 0 Å². The fourth-order valence-electron chi connectivity index (χ4n) is 1.43. The highest BCUT2D eigenvalue weighted by Gasteiger charge is 1.92. The van der Waals surface area contributed by atoms with Gasteiger partial charge in [0.2, 0.25) is 0 Å². The van der Waals surface area contributed by atoms with Crippen molar-refractivity contribution >= 4 is 11.9 Å². The first-order valence-corrected chi connectivity index (χ1v) is 5.41. The van der Waals surface area contributed by atoms with Crippen molar-refractivity contribution in [3.63, 3.8) is 0 Å². The molecule has 2 rings (SSSR count). The summed E-state index contributed by atoms with van der Waals surface area (Å²) in [4.78, 5) is 8.55. The lowest BCUT2D eigenvalue weighted by molar-refractivity contribution is 1.10. The van der Waals surface area contributed by atoms with Crippen molar-refractivity contribution in [3.05, 3.63) is 59.9 Å². The summed E-state index contributed by atoms with van der Waals surface area (Å²) in [5, 5.41) is 0. The Morgan fingerprint density at radius 1 is 1.19 bits per heavy atom. The van der Waals surface area contributed by atoms with E-state index >= 15 is 0 Å². The van der Waals surface area contributed by atoms with E-state index in [1.807, 2.05) is 42.7 Å². The van der Waals surface area contributed by atoms with Gasteiger partial charge in [-0.15, -0.1) is 0 Å². The zero-order chi connectivity index (χ0) is 11.2. The maximum atomic E-state index is 4.40. The zero-order valence-corrected chi connectivity index (χ0v) is 9.30. The van der Waals surface area contributed by atoms with Crippen LogP contribution in [0.2, 0.25) is 0 Å². The minimum atomic E-state index is 0.906. The molecule has 16 heavy (non-hydrogen) atoms. The molecule has 1 aromatic heterocycles. The minimum Gasteiger partial charge on any atom is -0.262 e. The highest BCUT2D eigenvalue weighted by Crippen LogP contribution is 2.12. The van der Waals surface area contributed by atoms with Crippen LogP contribution < -0.4 is 0 Å². The molecule has 0 spiro atoms. The Bertz CT molecular complexity index is 475. The van der Waals surface area contributed by atoms with Gasteiger partial charge in [0.15, 0.2) is 0 Å². The second kappa shape index (κ2) is 5.21. The predicted octanol–water partition coefficient (Wildman–Crippen LogP) is 3.39. The highest BCUT2D eigenvalue weighted by atomic mass is 14.8. The smallest absolute Gasteiger partial charge is 0.0815 e. The summed E-state index contributed by atoms with van der Waals surface area (Å²) >= 11 is 0. The Balaban J connectivity index is 2.17. The van der Waals surface area contributed by atoms with Crippen LogP contribution in [0.1, 0.15) is 18.1 Å². The molecule has 0 radical (unpaired) electrons. The molecule has 0 aliphatic carbocycles. The van der Waals surface area contributed by atoms with Gasteiger partial charge in [-0.3, -0.25) is 9.98 Å². The van der Waals surface area contributed by atoms with Crippen LogP contribution in [-0.4, -0.2) is 11.2 Å². The number of hydrogen-bond acceptors (Lipinski definition) is 2. The Kier molecular flexibility index (Phi) is 3.44. The Morgan fingerprint density at radius 3 is 2.75 bits per heavy atom. The van der Waals surface area contributed by atoms with E-state index in [1.54, 1.807) is 6.20 Å². The van der Waals surface area contributed by atoms with Gasteiger partial charge in [0.05, 0.1) is 11.9 Å². The monoisotopic (exact) mass is 210 g/mol. The number of hydrogen-bond donors (Lipinski definition) is 0. The highest BCUT2D eigenvalue weighted by molar-refractivity contribution is 5.81. The molecule has 1 heterocycles. The number of aliphatic imine (C=N–C) groups is 1. The first-order valence-electron chi connectivity index (χ1n) is 5.41. The van der Waals surface area contributed by atoms with E-state index in [0.29, 0.717) is 0 Å². The van der Waals surface area contributed by atoms with E-state index in [2.05, 4.69) is 23.0 Å². The van der Waals surface area contributed by atoms with E-state index < -0.39 is 0 Å². The lowest BCUT2D eigenvalue weighted by Gasteiger charge is -1.97. The first-order chi connectivity index (χ1) is 7.88. The van der Waals surface area contributed by atoms with E-state index in [0.717, 1.165) is 17.7 Å². The minimum absolute atomic E-state index is 0.906. The number of aryl methyl sites for hydroxylation is 1. The van der Waals surface area contributed by atoms with Crippen LogP contribution in [0.3, 0.4) is 0 Å². The molecular weight excluding hydrogens is 196 g/mol. The quantitative estimate of drug-likeness (QED) is 0.713. The van der Waals surface area contributed by atoms with Crippen LogP contribution in [0.15, 0.2) is 53.8 Å². The van der Waals surface area contributed by atoms with Crippen molar-refractivity contribution in [1.29, 1.82) is 0 Å². The van der Waals surface area contributed by atoms with Crippen LogP contribution in [-0.2, 0) is 6.42 Å². The number of rotatable bonds is 3. The van der Waals surface area contributed by atoms with Crippen molar-refractivity contribution < 1.29 is 0 Å². The number of pyridine rings is 1. The standard InChI is InChI=1S/C14H14N2/c1-2-12-8-14(11-15-9-12)16-10-13-6-4-3-5-7-13/h3-11H,2H2,1H3/b16-10+. The molecule has 0 aliphatic rings. The SMILES string of the molecule is CCc1cncc(/N=C/c2ccccc2)c1. The summed E-state index contributed by atoms with van der Waals surface area (Å²) < 4.78 is 0. The summed E-state index contributed by atoms with van der Waals surface area (Å²) in [6.07, 6.45) is 6.50. The van der Waals surface area contributed by atoms with Gasteiger partial charge in [-0.25, -0.2) is 0 Å². The van der Waals surface area contributed by atoms with Crippen molar-refractivity contribution in [2.45, 2.75) is 13.3 Å². The van der Waals surface area contributed by atoms with Crippen molar-refractivity contribution in [3.8, 4) is 0 Å². The maximum Gasteiger partial charge on any atom is 0.0815 e. The Morgan fingerprint density at radius 2 is 2.00 bits per heavy atom. The molecule has 0 fully saturated rings. The van der Waals surface area contributed by atoms with E-state index in [-0.39, 0.29) is 0 Å². The average Bonchev–Trinajstić information content (AvgIpc) is 2.38. The van der Waals surface area contributed by atoms with Crippen molar-refractivity contribution in [1.82, 2.24) is 4.98 Å². The predicted molar refractivity (Wildman–Crippen MR) is 67.3 cm³/mol. The molecule has 1 aromatic carbocycles. The van der Waals surface area contributed by atoms with Gasteiger partial charge in [-0.1, -0.05) is 37.3 Å². The molecule has 0 atom stereocenters. The Labute approximate surface area is 95.7 Å². The molecular formula is C14H14N2. The topological polar surface area (TPSA) is 25.2 Å². The van der Waals surface area contributed by atoms with Crippen LogP contribution in [0.5, 0.6) is 0 Å². The molecule has 0 saturated heterocycles. The van der Waals surface area contributed by atoms with Crippen LogP contribution in [0, 0.1) is 0 Å². The summed E-state index contributed by atoms with van der Waals surface area (Å²) in [5.74, 6) is 0. The number of nitrogens with zero attached hydrogens (tertiary/aromatic N) is 2. The van der Waals surface area contributed by atoms with Crippen LogP contribution in [0.4, 0.5) is 5.69 Å². The second-order valence-corrected chi connectivity index (χ2v) is 3.57. The normalized spacial score (nSPS) is 10.8. The van der Waals surface area contributed by atoms with Gasteiger partial charge in [0.25, 0.3) is 0 Å². The lowest BCUT2D eigenvalue weighted by Crippen LogP contribution is -1.82. The zero-order valence-electron chi connectivity index (χ0n) is 9.30. The summed E-state index contributed by atoms with van der Waals surface area (Å²) in [5.41, 5.74) is 3.22. The largest absolute Gasteiger partial charge is 0.262 e. The molecule has 0 N–H and O–H groups in total. The molecule has 0 saturated carbocycles. The van der Waals surface area contributed by atoms with Crippen LogP contribution >= 0.6 is 0 Å². The van der Waals surface area contributed by atoms with Crippen LogP contribution in [0.25, 0.3) is 0 Å². The van der Waals surface area contributed by atoms with E-state index in [9.17, 15) is 0 Å². The summed E-state index contributed by atoms with van der Waals surface area (Å²) in [7, 11) is 0. The maximum absolute atomic E-state index is 4.40. The van der Waals surface area contributed by atoms with Gasteiger partial charge in [-0.2, -0.15) is 0 Å². The molecule has 0 unspecified atom stereocenters. The molecule has 80 valence electrons. The second-order valence-electron chi connectivity index (χ2n) is 3.57. The summed E-state index contributed by atoms with van der Waals surface area (Å²) in [6.45, 7) is 2.11. The van der Waals surface area contributed by atoms with Crippen molar-refractivity contribution in [2.24, 2.45) is 4.99 Å². The fraction of sp³-hybridized carbons (Fsp3) is 0.143. The average molecular weight is 210 g/mol. The van der Waals surface area contributed by atoms with E-state index in [1.165, 1.54) is 5.56 Å².